The van der Waals surface area contributed by atoms with E-state index in [-0.39, 0.29) is 30.5 Å². The predicted molar refractivity (Wildman–Crippen MR) is 129 cm³/mol. The Balaban J connectivity index is 1.71. The molecular weight excluding hydrogens is 458 g/mol. The van der Waals surface area contributed by atoms with Gasteiger partial charge < -0.3 is 19.0 Å². The molecule has 0 spiro atoms. The van der Waals surface area contributed by atoms with E-state index in [1.165, 1.54) is 6.07 Å². The fourth-order valence-corrected chi connectivity index (χ4v) is 3.66. The number of ether oxygens (including phenoxy) is 2. The minimum atomic E-state index is -0.443. The summed E-state index contributed by atoms with van der Waals surface area (Å²) in [7, 11) is 0. The third-order valence-electron chi connectivity index (χ3n) is 5.18. The van der Waals surface area contributed by atoms with Gasteiger partial charge in [-0.25, -0.2) is 9.78 Å². The highest BCUT2D eigenvalue weighted by atomic mass is 35.5. The predicted octanol–water partition coefficient (Wildman–Crippen LogP) is 5.89. The van der Waals surface area contributed by atoms with Gasteiger partial charge in [0.05, 0.1) is 17.9 Å². The second-order valence-electron chi connectivity index (χ2n) is 8.14. The number of phenols is 1. The molecule has 0 aliphatic carbocycles. The minimum Gasteiger partial charge on any atom is -0.507 e. The van der Waals surface area contributed by atoms with Gasteiger partial charge in [-0.1, -0.05) is 25.4 Å². The van der Waals surface area contributed by atoms with Gasteiger partial charge in [0.1, 0.15) is 17.3 Å². The van der Waals surface area contributed by atoms with Crippen molar-refractivity contribution in [2.75, 3.05) is 13.2 Å². The molecule has 3 aromatic rings. The smallest absolute Gasteiger partial charge is 0.344 e. The molecule has 8 heteroatoms. The van der Waals surface area contributed by atoms with Crippen LogP contribution in [-0.2, 0) is 16.0 Å². The maximum atomic E-state index is 12.9. The van der Waals surface area contributed by atoms with Gasteiger partial charge in [0, 0.05) is 29.3 Å². The number of aryl methyl sites for hydroxylation is 2. The summed E-state index contributed by atoms with van der Waals surface area (Å²) in [5, 5.41) is 10.6. The average molecular weight is 486 g/mol. The molecule has 0 saturated carbocycles. The molecule has 0 radical (unpaired) electrons. The highest BCUT2D eigenvalue weighted by Gasteiger charge is 2.20. The van der Waals surface area contributed by atoms with Crippen LogP contribution in [0.4, 0.5) is 0 Å². The van der Waals surface area contributed by atoms with Crippen LogP contribution in [0, 0.1) is 6.92 Å². The first-order valence-electron chi connectivity index (χ1n) is 11.1. The first-order valence-corrected chi connectivity index (χ1v) is 11.5. The lowest BCUT2D eigenvalue weighted by molar-refractivity contribution is -0.145. The van der Waals surface area contributed by atoms with Crippen molar-refractivity contribution in [1.29, 1.82) is 0 Å². The molecule has 0 saturated heterocycles. The highest BCUT2D eigenvalue weighted by molar-refractivity contribution is 6.30. The maximum absolute atomic E-state index is 12.9. The standard InChI is InChI=1S/C26H28ClNO6/c1-5-32-24(31)14-33-23-11-6-17(12-16(23)4)21(29)10-9-20-25(15(2)3)34-26(28-20)19-8-7-18(27)13-22(19)30/h6-8,11-13,15,30H,5,9-10,14H2,1-4H3. The van der Waals surface area contributed by atoms with Gasteiger partial charge in [-0.15, -0.1) is 0 Å². The molecule has 0 aliphatic heterocycles. The Hall–Kier alpha value is -3.32. The molecule has 0 bridgehead atoms. The Morgan fingerprint density at radius 2 is 1.94 bits per heavy atom. The van der Waals surface area contributed by atoms with Gasteiger partial charge in [-0.3, -0.25) is 4.79 Å². The number of benzene rings is 2. The fraction of sp³-hybridized carbons (Fsp3) is 0.346. The summed E-state index contributed by atoms with van der Waals surface area (Å²) in [5.41, 5.74) is 2.42. The SMILES string of the molecule is CCOC(=O)COc1ccc(C(=O)CCc2nc(-c3ccc(Cl)cc3O)oc2C(C)C)cc1C. The zero-order valence-corrected chi connectivity index (χ0v) is 20.4. The van der Waals surface area contributed by atoms with Crippen molar-refractivity contribution in [2.45, 2.75) is 46.5 Å². The number of rotatable bonds is 10. The largest absolute Gasteiger partial charge is 0.507 e. The monoisotopic (exact) mass is 485 g/mol. The Morgan fingerprint density at radius 3 is 2.59 bits per heavy atom. The molecule has 7 nitrogen and oxygen atoms in total. The van der Waals surface area contributed by atoms with Crippen LogP contribution in [0.1, 0.15) is 60.5 Å². The number of halogens is 1. The summed E-state index contributed by atoms with van der Waals surface area (Å²) in [6.45, 7) is 7.62. The number of esters is 1. The first kappa shape index (κ1) is 25.3. The van der Waals surface area contributed by atoms with Crippen LogP contribution in [0.2, 0.25) is 5.02 Å². The van der Waals surface area contributed by atoms with Gasteiger partial charge in [-0.2, -0.15) is 0 Å². The third-order valence-corrected chi connectivity index (χ3v) is 5.41. The number of carbonyl (C=O) groups is 2. The molecule has 2 aromatic carbocycles. The van der Waals surface area contributed by atoms with E-state index >= 15 is 0 Å². The Morgan fingerprint density at radius 1 is 1.18 bits per heavy atom. The summed E-state index contributed by atoms with van der Waals surface area (Å²) in [5.74, 6) is 1.03. The van der Waals surface area contributed by atoms with Crippen LogP contribution >= 0.6 is 11.6 Å². The second kappa shape index (κ2) is 11.2. The van der Waals surface area contributed by atoms with Gasteiger partial charge in [0.25, 0.3) is 0 Å². The molecule has 0 amide bonds. The summed E-state index contributed by atoms with van der Waals surface area (Å²) in [4.78, 5) is 28.9. The zero-order chi connectivity index (χ0) is 24.8. The number of hydrogen-bond acceptors (Lipinski definition) is 7. The number of aromatic nitrogens is 1. The Bertz CT molecular complexity index is 1180. The summed E-state index contributed by atoms with van der Waals surface area (Å²) >= 11 is 5.92. The number of Topliss-reactive ketones (excluding diaryl/α,β-unsaturated/α-hetero) is 1. The van der Waals surface area contributed by atoms with E-state index in [2.05, 4.69) is 4.98 Å². The quantitative estimate of drug-likeness (QED) is 0.282. The van der Waals surface area contributed by atoms with Crippen molar-refractivity contribution in [3.63, 3.8) is 0 Å². The van der Waals surface area contributed by atoms with E-state index in [0.29, 0.717) is 52.3 Å². The molecule has 180 valence electrons. The third kappa shape index (κ3) is 6.17. The van der Waals surface area contributed by atoms with Gasteiger partial charge >= 0.3 is 5.97 Å². The zero-order valence-electron chi connectivity index (χ0n) is 19.7. The van der Waals surface area contributed by atoms with Gasteiger partial charge in [0.15, 0.2) is 12.4 Å². The average Bonchev–Trinajstić information content (AvgIpc) is 3.21. The number of phenolic OH excluding ortho intramolecular Hbond substituents is 1. The number of aromatic hydroxyl groups is 1. The number of nitrogens with zero attached hydrogens (tertiary/aromatic N) is 1. The molecule has 1 N–H and O–H groups in total. The van der Waals surface area contributed by atoms with E-state index in [1.54, 1.807) is 37.3 Å². The van der Waals surface area contributed by atoms with Gasteiger partial charge in [0.2, 0.25) is 5.89 Å². The molecule has 0 aliphatic rings. The van der Waals surface area contributed by atoms with Crippen molar-refractivity contribution >= 4 is 23.4 Å². The molecular formula is C26H28ClNO6. The molecule has 3 rings (SSSR count). The van der Waals surface area contributed by atoms with Crippen LogP contribution in [-0.4, -0.2) is 35.1 Å². The van der Waals surface area contributed by atoms with Gasteiger partial charge in [-0.05, 0) is 55.8 Å². The number of ketones is 1. The minimum absolute atomic E-state index is 0.0209. The lowest BCUT2D eigenvalue weighted by atomic mass is 10.0. The van der Waals surface area contributed by atoms with E-state index < -0.39 is 5.97 Å². The molecule has 1 aromatic heterocycles. The van der Waals surface area contributed by atoms with Crippen LogP contribution < -0.4 is 4.74 Å². The van der Waals surface area contributed by atoms with Crippen molar-refractivity contribution in [3.05, 3.63) is 64.0 Å². The molecule has 34 heavy (non-hydrogen) atoms. The second-order valence-corrected chi connectivity index (χ2v) is 8.58. The fourth-order valence-electron chi connectivity index (χ4n) is 3.49. The highest BCUT2D eigenvalue weighted by Crippen LogP contribution is 2.34. The van der Waals surface area contributed by atoms with Crippen molar-refractivity contribution in [3.8, 4) is 23.0 Å². The van der Waals surface area contributed by atoms with Crippen molar-refractivity contribution in [1.82, 2.24) is 4.98 Å². The summed E-state index contributed by atoms with van der Waals surface area (Å²) in [6, 6.07) is 9.84. The number of hydrogen-bond donors (Lipinski definition) is 1. The molecule has 1 heterocycles. The lowest BCUT2D eigenvalue weighted by Gasteiger charge is -2.10. The number of oxazole rings is 1. The number of carbonyl (C=O) groups excluding carboxylic acids is 2. The van der Waals surface area contributed by atoms with Crippen LogP contribution in [0.5, 0.6) is 11.5 Å². The van der Waals surface area contributed by atoms with Crippen molar-refractivity contribution < 1.29 is 28.6 Å². The topological polar surface area (TPSA) is 98.9 Å². The van der Waals surface area contributed by atoms with Crippen LogP contribution in [0.3, 0.4) is 0 Å². The first-order chi connectivity index (χ1) is 16.2. The molecule has 0 unspecified atom stereocenters. The van der Waals surface area contributed by atoms with E-state index in [1.807, 2.05) is 20.8 Å². The molecule has 0 atom stereocenters. The Labute approximate surface area is 203 Å². The van der Waals surface area contributed by atoms with Crippen LogP contribution in [0.25, 0.3) is 11.5 Å². The molecule has 0 fully saturated rings. The summed E-state index contributed by atoms with van der Waals surface area (Å²) < 4.78 is 16.3. The van der Waals surface area contributed by atoms with E-state index in [4.69, 9.17) is 25.5 Å². The lowest BCUT2D eigenvalue weighted by Crippen LogP contribution is -2.15. The normalized spacial score (nSPS) is 11.0. The Kier molecular flexibility index (Phi) is 8.34. The van der Waals surface area contributed by atoms with Crippen LogP contribution in [0.15, 0.2) is 40.8 Å². The maximum Gasteiger partial charge on any atom is 0.344 e. The van der Waals surface area contributed by atoms with E-state index in [9.17, 15) is 14.7 Å². The van der Waals surface area contributed by atoms with E-state index in [0.717, 1.165) is 5.56 Å². The summed E-state index contributed by atoms with van der Waals surface area (Å²) in [6.07, 6.45) is 0.630. The van der Waals surface area contributed by atoms with Crippen molar-refractivity contribution in [2.24, 2.45) is 0 Å².